The summed E-state index contributed by atoms with van der Waals surface area (Å²) in [5, 5.41) is 1.87. The Bertz CT molecular complexity index is 1440. The zero-order valence-electron chi connectivity index (χ0n) is 22.1. The van der Waals surface area contributed by atoms with Crippen molar-refractivity contribution in [3.05, 3.63) is 130 Å². The lowest BCUT2D eigenvalue weighted by molar-refractivity contribution is 0.445. The SMILES string of the molecule is CCC1=C(Cl)c2c(-c3ccccc3)cccc2C1C(C)C1C(CC)=C(Cl)c2c(-c3ccccc3)cccc21. The van der Waals surface area contributed by atoms with Gasteiger partial charge in [0.05, 0.1) is 0 Å². The predicted octanol–water partition coefficient (Wildman–Crippen LogP) is 11.3. The third-order valence-corrected chi connectivity index (χ3v) is 9.46. The summed E-state index contributed by atoms with van der Waals surface area (Å²) in [4.78, 5) is 0. The molecule has 0 aliphatic heterocycles. The van der Waals surface area contributed by atoms with Crippen LogP contribution in [0, 0.1) is 5.92 Å². The average molecular weight is 536 g/mol. The topological polar surface area (TPSA) is 0 Å². The number of rotatable bonds is 6. The fourth-order valence-corrected chi connectivity index (χ4v) is 7.90. The van der Waals surface area contributed by atoms with Gasteiger partial charge < -0.3 is 0 Å². The van der Waals surface area contributed by atoms with E-state index in [1.165, 1.54) is 55.7 Å². The van der Waals surface area contributed by atoms with Crippen LogP contribution >= 0.6 is 23.2 Å². The molecule has 190 valence electrons. The van der Waals surface area contributed by atoms with Crippen molar-refractivity contribution in [2.75, 3.05) is 0 Å². The average Bonchev–Trinajstić information content (AvgIpc) is 3.43. The molecule has 4 aromatic rings. The normalized spacial score (nSPS) is 19.1. The van der Waals surface area contributed by atoms with Crippen LogP contribution in [0.25, 0.3) is 32.3 Å². The van der Waals surface area contributed by atoms with Gasteiger partial charge in [-0.1, -0.05) is 141 Å². The Morgan fingerprint density at radius 2 is 0.947 bits per heavy atom. The summed E-state index contributed by atoms with van der Waals surface area (Å²) in [7, 11) is 0. The maximum atomic E-state index is 7.26. The Morgan fingerprint density at radius 3 is 1.32 bits per heavy atom. The van der Waals surface area contributed by atoms with Gasteiger partial charge in [-0.05, 0) is 63.3 Å². The van der Waals surface area contributed by atoms with Crippen molar-refractivity contribution in [2.45, 2.75) is 45.4 Å². The summed E-state index contributed by atoms with van der Waals surface area (Å²) in [5.41, 5.74) is 12.7. The lowest BCUT2D eigenvalue weighted by atomic mass is 9.72. The molecule has 6 rings (SSSR count). The van der Waals surface area contributed by atoms with Gasteiger partial charge in [-0.25, -0.2) is 0 Å². The van der Waals surface area contributed by atoms with Gasteiger partial charge >= 0.3 is 0 Å². The van der Waals surface area contributed by atoms with Crippen LogP contribution in [-0.2, 0) is 0 Å². The molecule has 0 fully saturated rings. The minimum Gasteiger partial charge on any atom is -0.0837 e. The van der Waals surface area contributed by atoms with Crippen molar-refractivity contribution >= 4 is 33.3 Å². The highest BCUT2D eigenvalue weighted by Gasteiger charge is 2.42. The Morgan fingerprint density at radius 1 is 0.553 bits per heavy atom. The van der Waals surface area contributed by atoms with E-state index < -0.39 is 0 Å². The first-order valence-electron chi connectivity index (χ1n) is 13.7. The van der Waals surface area contributed by atoms with Gasteiger partial charge in [-0.15, -0.1) is 0 Å². The zero-order chi connectivity index (χ0) is 26.4. The van der Waals surface area contributed by atoms with E-state index in [-0.39, 0.29) is 11.8 Å². The number of hydrogen-bond donors (Lipinski definition) is 0. The number of hydrogen-bond acceptors (Lipinski definition) is 0. The van der Waals surface area contributed by atoms with E-state index in [0.29, 0.717) is 5.92 Å². The van der Waals surface area contributed by atoms with E-state index in [2.05, 4.69) is 118 Å². The highest BCUT2D eigenvalue weighted by molar-refractivity contribution is 6.51. The summed E-state index contributed by atoms with van der Waals surface area (Å²) in [5.74, 6) is 0.795. The molecule has 2 atom stereocenters. The predicted molar refractivity (Wildman–Crippen MR) is 165 cm³/mol. The Balaban J connectivity index is 1.50. The number of allylic oxidation sites excluding steroid dienone is 2. The molecule has 0 N–H and O–H groups in total. The highest BCUT2D eigenvalue weighted by Crippen LogP contribution is 2.59. The molecule has 2 heteroatoms. The van der Waals surface area contributed by atoms with Crippen LogP contribution in [0.5, 0.6) is 0 Å². The van der Waals surface area contributed by atoms with Crippen LogP contribution in [0.1, 0.15) is 67.7 Å². The lowest BCUT2D eigenvalue weighted by Crippen LogP contribution is -2.19. The van der Waals surface area contributed by atoms with Crippen molar-refractivity contribution in [3.8, 4) is 22.3 Å². The van der Waals surface area contributed by atoms with Crippen molar-refractivity contribution in [1.82, 2.24) is 0 Å². The summed E-state index contributed by atoms with van der Waals surface area (Å²) in [6.07, 6.45) is 1.86. The largest absolute Gasteiger partial charge is 0.0837 e. The van der Waals surface area contributed by atoms with Crippen molar-refractivity contribution in [3.63, 3.8) is 0 Å². The molecule has 0 nitrogen and oxygen atoms in total. The van der Waals surface area contributed by atoms with Crippen LogP contribution < -0.4 is 0 Å². The Hall–Kier alpha value is -3.06. The van der Waals surface area contributed by atoms with Gasteiger partial charge in [0.1, 0.15) is 0 Å². The number of halogens is 2. The highest BCUT2D eigenvalue weighted by atomic mass is 35.5. The second-order valence-electron chi connectivity index (χ2n) is 10.5. The van der Waals surface area contributed by atoms with Gasteiger partial charge in [0, 0.05) is 33.0 Å². The van der Waals surface area contributed by atoms with E-state index in [4.69, 9.17) is 23.2 Å². The van der Waals surface area contributed by atoms with Gasteiger partial charge in [0.25, 0.3) is 0 Å². The Kier molecular flexibility index (Phi) is 6.81. The molecule has 2 unspecified atom stereocenters. The van der Waals surface area contributed by atoms with Gasteiger partial charge in [0.15, 0.2) is 0 Å². The third-order valence-electron chi connectivity index (χ3n) is 8.60. The molecule has 0 amide bonds. The lowest BCUT2D eigenvalue weighted by Gasteiger charge is -2.31. The van der Waals surface area contributed by atoms with Crippen LogP contribution in [0.3, 0.4) is 0 Å². The van der Waals surface area contributed by atoms with Crippen molar-refractivity contribution in [1.29, 1.82) is 0 Å². The van der Waals surface area contributed by atoms with E-state index in [0.717, 1.165) is 22.9 Å². The quantitative estimate of drug-likeness (QED) is 0.230. The monoisotopic (exact) mass is 534 g/mol. The summed E-state index contributed by atoms with van der Waals surface area (Å²) in [6, 6.07) is 34.6. The molecular weight excluding hydrogens is 503 g/mol. The second-order valence-corrected chi connectivity index (χ2v) is 11.2. The number of benzene rings is 4. The molecule has 4 aromatic carbocycles. The molecular formula is C36H32Cl2. The van der Waals surface area contributed by atoms with E-state index in [9.17, 15) is 0 Å². The third kappa shape index (κ3) is 3.89. The smallest absolute Gasteiger partial charge is 0.0485 e. The summed E-state index contributed by atoms with van der Waals surface area (Å²) < 4.78 is 0. The van der Waals surface area contributed by atoms with Crippen molar-refractivity contribution < 1.29 is 0 Å². The zero-order valence-corrected chi connectivity index (χ0v) is 23.7. The molecule has 2 aliphatic rings. The molecule has 0 spiro atoms. The van der Waals surface area contributed by atoms with Crippen LogP contribution in [0.2, 0.25) is 0 Å². The van der Waals surface area contributed by atoms with Crippen LogP contribution in [0.15, 0.2) is 108 Å². The first-order valence-corrected chi connectivity index (χ1v) is 14.5. The molecule has 0 radical (unpaired) electrons. The first-order chi connectivity index (χ1) is 18.6. The molecule has 0 heterocycles. The van der Waals surface area contributed by atoms with E-state index in [1.54, 1.807) is 0 Å². The summed E-state index contributed by atoms with van der Waals surface area (Å²) >= 11 is 14.5. The molecule has 0 bridgehead atoms. The van der Waals surface area contributed by atoms with Crippen molar-refractivity contribution in [2.24, 2.45) is 5.92 Å². The molecule has 0 saturated heterocycles. The molecule has 0 saturated carbocycles. The fourth-order valence-electron chi connectivity index (χ4n) is 6.98. The standard InChI is InChI=1S/C36H32Cl2/c1-4-25-31(29-20-12-18-27(33(29)35(25)37)23-14-8-6-9-15-23)22(3)32-26(5-2)36(38)34-28(19-13-21-30(32)34)24-16-10-7-11-17-24/h6-22,31-32H,4-5H2,1-3H3. The first kappa shape index (κ1) is 25.2. The van der Waals surface area contributed by atoms with Crippen LogP contribution in [0.4, 0.5) is 0 Å². The van der Waals surface area contributed by atoms with Gasteiger partial charge in [-0.3, -0.25) is 0 Å². The minimum atomic E-state index is 0.244. The van der Waals surface area contributed by atoms with E-state index in [1.807, 2.05) is 0 Å². The second kappa shape index (κ2) is 10.3. The van der Waals surface area contributed by atoms with Gasteiger partial charge in [-0.2, -0.15) is 0 Å². The van der Waals surface area contributed by atoms with E-state index >= 15 is 0 Å². The maximum Gasteiger partial charge on any atom is 0.0485 e. The van der Waals surface area contributed by atoms with Crippen LogP contribution in [-0.4, -0.2) is 0 Å². The fraction of sp³-hybridized carbons (Fsp3) is 0.222. The van der Waals surface area contributed by atoms with Gasteiger partial charge in [0.2, 0.25) is 0 Å². The number of fused-ring (bicyclic) bond motifs is 2. The Labute approximate surface area is 236 Å². The minimum absolute atomic E-state index is 0.244. The molecule has 38 heavy (non-hydrogen) atoms. The molecule has 0 aromatic heterocycles. The molecule has 2 aliphatic carbocycles. The summed E-state index contributed by atoms with van der Waals surface area (Å²) in [6.45, 7) is 6.89. The maximum absolute atomic E-state index is 7.26.